The molecule has 5 nitrogen and oxygen atoms in total. The van der Waals surface area contributed by atoms with E-state index in [1.807, 2.05) is 4.90 Å². The zero-order valence-corrected chi connectivity index (χ0v) is 11.6. The van der Waals surface area contributed by atoms with E-state index in [1.165, 1.54) is 4.90 Å². The monoisotopic (exact) mass is 256 g/mol. The fourth-order valence-corrected chi connectivity index (χ4v) is 2.36. The van der Waals surface area contributed by atoms with Crippen molar-refractivity contribution in [3.05, 3.63) is 0 Å². The van der Waals surface area contributed by atoms with Gasteiger partial charge in [-0.3, -0.25) is 4.79 Å². The Morgan fingerprint density at radius 2 is 1.89 bits per heavy atom. The molecule has 0 aromatic carbocycles. The highest BCUT2D eigenvalue weighted by molar-refractivity contribution is 5.75. The van der Waals surface area contributed by atoms with E-state index in [0.717, 1.165) is 25.9 Å². The van der Waals surface area contributed by atoms with Gasteiger partial charge in [0.05, 0.1) is 6.42 Å². The minimum absolute atomic E-state index is 0.00466. The Balaban J connectivity index is 2.37. The summed E-state index contributed by atoms with van der Waals surface area (Å²) in [4.78, 5) is 25.9. The summed E-state index contributed by atoms with van der Waals surface area (Å²) in [5, 5.41) is 8.60. The minimum Gasteiger partial charge on any atom is -0.481 e. The second-order valence-corrected chi connectivity index (χ2v) is 5.42. The van der Waals surface area contributed by atoms with E-state index < -0.39 is 5.97 Å². The molecule has 0 saturated carbocycles. The van der Waals surface area contributed by atoms with Crippen LogP contribution in [0.4, 0.5) is 4.79 Å². The molecular weight excluding hydrogens is 232 g/mol. The highest BCUT2D eigenvalue weighted by atomic mass is 16.4. The van der Waals surface area contributed by atoms with Gasteiger partial charge >= 0.3 is 12.0 Å². The first-order chi connectivity index (χ1) is 8.41. The first-order valence-corrected chi connectivity index (χ1v) is 6.63. The molecule has 0 atom stereocenters. The van der Waals surface area contributed by atoms with Gasteiger partial charge in [-0.2, -0.15) is 0 Å². The molecular formula is C13H24N2O3. The number of urea groups is 1. The van der Waals surface area contributed by atoms with Crippen LogP contribution in [0.25, 0.3) is 0 Å². The Morgan fingerprint density at radius 1 is 1.33 bits per heavy atom. The highest BCUT2D eigenvalue weighted by Crippen LogP contribution is 2.24. The van der Waals surface area contributed by atoms with E-state index in [-0.39, 0.29) is 19.0 Å². The van der Waals surface area contributed by atoms with Crippen molar-refractivity contribution in [1.82, 2.24) is 9.80 Å². The minimum atomic E-state index is -0.867. The predicted octanol–water partition coefficient (Wildman–Crippen LogP) is 1.88. The third kappa shape index (κ3) is 4.20. The lowest BCUT2D eigenvalue weighted by Gasteiger charge is -2.35. The lowest BCUT2D eigenvalue weighted by molar-refractivity contribution is -0.137. The highest BCUT2D eigenvalue weighted by Gasteiger charge is 2.26. The summed E-state index contributed by atoms with van der Waals surface area (Å²) in [5.74, 6) is 0.513. The number of likely N-dealkylation sites (tertiary alicyclic amines) is 1. The van der Waals surface area contributed by atoms with Gasteiger partial charge in [0.15, 0.2) is 0 Å². The van der Waals surface area contributed by atoms with Gasteiger partial charge in [-0.25, -0.2) is 4.79 Å². The molecule has 1 aliphatic heterocycles. The van der Waals surface area contributed by atoms with Crippen molar-refractivity contribution in [2.75, 3.05) is 26.7 Å². The Labute approximate surface area is 109 Å². The van der Waals surface area contributed by atoms with E-state index in [1.54, 1.807) is 7.05 Å². The third-order valence-corrected chi connectivity index (χ3v) is 3.74. The standard InChI is InChI=1S/C13H24N2O3/c1-10(2)11-4-8-15(9-5-11)13(18)14(3)7-6-12(16)17/h10-11H,4-9H2,1-3H3,(H,16,17). The molecule has 18 heavy (non-hydrogen) atoms. The number of nitrogens with zero attached hydrogens (tertiary/aromatic N) is 2. The molecule has 0 aliphatic carbocycles. The van der Waals surface area contributed by atoms with Crippen LogP contribution < -0.4 is 0 Å². The van der Waals surface area contributed by atoms with E-state index >= 15 is 0 Å². The molecule has 2 amide bonds. The van der Waals surface area contributed by atoms with Crippen molar-refractivity contribution in [3.8, 4) is 0 Å². The van der Waals surface area contributed by atoms with Gasteiger partial charge in [0.1, 0.15) is 0 Å². The number of aliphatic carboxylic acids is 1. The van der Waals surface area contributed by atoms with Gasteiger partial charge in [-0.1, -0.05) is 13.8 Å². The number of hydrogen-bond donors (Lipinski definition) is 1. The molecule has 5 heteroatoms. The number of amides is 2. The van der Waals surface area contributed by atoms with Gasteiger partial charge in [-0.15, -0.1) is 0 Å². The first-order valence-electron chi connectivity index (χ1n) is 6.63. The number of rotatable bonds is 4. The zero-order chi connectivity index (χ0) is 13.7. The summed E-state index contributed by atoms with van der Waals surface area (Å²) in [5.41, 5.74) is 0. The van der Waals surface area contributed by atoms with Crippen molar-refractivity contribution >= 4 is 12.0 Å². The summed E-state index contributed by atoms with van der Waals surface area (Å²) >= 11 is 0. The normalized spacial score (nSPS) is 17.0. The molecule has 1 N–H and O–H groups in total. The summed E-state index contributed by atoms with van der Waals surface area (Å²) < 4.78 is 0. The maximum atomic E-state index is 12.0. The van der Waals surface area contributed by atoms with Crippen LogP contribution in [0.2, 0.25) is 0 Å². The molecule has 0 aromatic heterocycles. The van der Waals surface area contributed by atoms with Gasteiger partial charge in [0, 0.05) is 26.7 Å². The summed E-state index contributed by atoms with van der Waals surface area (Å²) in [6, 6.07) is -0.0431. The molecule has 1 aliphatic rings. The molecule has 0 unspecified atom stereocenters. The third-order valence-electron chi connectivity index (χ3n) is 3.74. The molecule has 0 bridgehead atoms. The van der Waals surface area contributed by atoms with E-state index in [0.29, 0.717) is 11.8 Å². The van der Waals surface area contributed by atoms with Gasteiger partial charge < -0.3 is 14.9 Å². The molecule has 1 saturated heterocycles. The quantitative estimate of drug-likeness (QED) is 0.835. The Hall–Kier alpha value is -1.26. The second-order valence-electron chi connectivity index (χ2n) is 5.42. The SMILES string of the molecule is CC(C)C1CCN(C(=O)N(C)CCC(=O)O)CC1. The number of hydrogen-bond acceptors (Lipinski definition) is 2. The number of carbonyl (C=O) groups excluding carboxylic acids is 1. The van der Waals surface area contributed by atoms with Crippen LogP contribution in [0.3, 0.4) is 0 Å². The number of carboxylic acids is 1. The predicted molar refractivity (Wildman–Crippen MR) is 69.4 cm³/mol. The Morgan fingerprint density at radius 3 is 2.33 bits per heavy atom. The topological polar surface area (TPSA) is 60.9 Å². The van der Waals surface area contributed by atoms with Crippen molar-refractivity contribution in [3.63, 3.8) is 0 Å². The van der Waals surface area contributed by atoms with Crippen molar-refractivity contribution in [2.24, 2.45) is 11.8 Å². The van der Waals surface area contributed by atoms with E-state index in [9.17, 15) is 9.59 Å². The Bertz CT molecular complexity index is 297. The lowest BCUT2D eigenvalue weighted by Crippen LogP contribution is -2.46. The average molecular weight is 256 g/mol. The number of piperidine rings is 1. The van der Waals surface area contributed by atoms with Gasteiger partial charge in [-0.05, 0) is 24.7 Å². The molecule has 1 rings (SSSR count). The maximum absolute atomic E-state index is 12.0. The second kappa shape index (κ2) is 6.61. The summed E-state index contributed by atoms with van der Waals surface area (Å²) in [7, 11) is 1.67. The summed E-state index contributed by atoms with van der Waals surface area (Å²) in [6.07, 6.45) is 2.11. The lowest BCUT2D eigenvalue weighted by atomic mass is 9.87. The van der Waals surface area contributed by atoms with Crippen LogP contribution in [0.15, 0.2) is 0 Å². The van der Waals surface area contributed by atoms with Crippen LogP contribution in [-0.4, -0.2) is 53.6 Å². The van der Waals surface area contributed by atoms with Crippen LogP contribution in [0.1, 0.15) is 33.1 Å². The van der Waals surface area contributed by atoms with Crippen molar-refractivity contribution < 1.29 is 14.7 Å². The maximum Gasteiger partial charge on any atom is 0.319 e. The molecule has 1 fully saturated rings. The number of carboxylic acid groups (broad SMARTS) is 1. The van der Waals surface area contributed by atoms with Crippen LogP contribution in [-0.2, 0) is 4.79 Å². The molecule has 104 valence electrons. The largest absolute Gasteiger partial charge is 0.481 e. The Kier molecular flexibility index (Phi) is 5.44. The number of carbonyl (C=O) groups is 2. The zero-order valence-electron chi connectivity index (χ0n) is 11.6. The first kappa shape index (κ1) is 14.8. The molecule has 1 heterocycles. The van der Waals surface area contributed by atoms with E-state index in [4.69, 9.17) is 5.11 Å². The molecule has 0 radical (unpaired) electrons. The molecule has 0 aromatic rings. The summed E-state index contributed by atoms with van der Waals surface area (Å²) in [6.45, 7) is 6.30. The smallest absolute Gasteiger partial charge is 0.319 e. The van der Waals surface area contributed by atoms with Crippen LogP contribution in [0, 0.1) is 11.8 Å². The fourth-order valence-electron chi connectivity index (χ4n) is 2.36. The van der Waals surface area contributed by atoms with Crippen molar-refractivity contribution in [2.45, 2.75) is 33.1 Å². The average Bonchev–Trinajstić information content (AvgIpc) is 2.35. The van der Waals surface area contributed by atoms with Gasteiger partial charge in [0.25, 0.3) is 0 Å². The van der Waals surface area contributed by atoms with Crippen LogP contribution in [0.5, 0.6) is 0 Å². The van der Waals surface area contributed by atoms with Crippen LogP contribution >= 0.6 is 0 Å². The fraction of sp³-hybridized carbons (Fsp3) is 0.846. The molecule has 0 spiro atoms. The van der Waals surface area contributed by atoms with E-state index in [2.05, 4.69) is 13.8 Å². The van der Waals surface area contributed by atoms with Crippen molar-refractivity contribution in [1.29, 1.82) is 0 Å². The van der Waals surface area contributed by atoms with Gasteiger partial charge in [0.2, 0.25) is 0 Å².